The molecule has 4 nitrogen and oxygen atoms in total. The lowest BCUT2D eigenvalue weighted by atomic mass is 9.92. The van der Waals surface area contributed by atoms with Crippen molar-refractivity contribution in [2.45, 2.75) is 20.8 Å². The van der Waals surface area contributed by atoms with Crippen LogP contribution in [0.3, 0.4) is 0 Å². The van der Waals surface area contributed by atoms with Gasteiger partial charge in [0, 0.05) is 27.5 Å². The second-order valence-electron chi connectivity index (χ2n) is 14.6. The van der Waals surface area contributed by atoms with Crippen LogP contribution in [0.2, 0.25) is 0 Å². The number of benzene rings is 8. The van der Waals surface area contributed by atoms with E-state index >= 15 is 0 Å². The molecule has 0 saturated heterocycles. The summed E-state index contributed by atoms with van der Waals surface area (Å²) < 4.78 is 6.43. The van der Waals surface area contributed by atoms with Crippen molar-refractivity contribution >= 4 is 21.9 Å². The van der Waals surface area contributed by atoms with E-state index in [4.69, 9.17) is 19.4 Å². The third-order valence-corrected chi connectivity index (χ3v) is 10.6. The third kappa shape index (κ3) is 7.44. The summed E-state index contributed by atoms with van der Waals surface area (Å²) in [6.07, 6.45) is 0. The monoisotopic (exact) mass is 747 g/mol. The van der Waals surface area contributed by atoms with E-state index in [1.807, 2.05) is 91.0 Å². The molecule has 0 bridgehead atoms. The minimum atomic E-state index is 0.604. The van der Waals surface area contributed by atoms with Crippen molar-refractivity contribution in [3.63, 3.8) is 0 Å². The average Bonchev–Trinajstić information content (AvgIpc) is 3.66. The van der Waals surface area contributed by atoms with E-state index in [1.165, 1.54) is 38.9 Å². The number of furan rings is 1. The number of fused-ring (bicyclic) bond motifs is 3. The van der Waals surface area contributed by atoms with Gasteiger partial charge in [0.1, 0.15) is 11.2 Å². The van der Waals surface area contributed by atoms with Gasteiger partial charge in [-0.1, -0.05) is 169 Å². The summed E-state index contributed by atoms with van der Waals surface area (Å²) in [5.41, 5.74) is 15.4. The highest BCUT2D eigenvalue weighted by Gasteiger charge is 2.18. The van der Waals surface area contributed by atoms with E-state index in [0.29, 0.717) is 17.5 Å². The average molecular weight is 748 g/mol. The third-order valence-electron chi connectivity index (χ3n) is 10.6. The highest BCUT2D eigenvalue weighted by atomic mass is 16.3. The fourth-order valence-corrected chi connectivity index (χ4v) is 7.50. The molecule has 0 aliphatic rings. The fraction of sp³-hybridized carbons (Fsp3) is 0.0556. The molecule has 58 heavy (non-hydrogen) atoms. The Morgan fingerprint density at radius 1 is 0.328 bits per heavy atom. The topological polar surface area (TPSA) is 51.8 Å². The Balaban J connectivity index is 0.000000565. The first-order valence-corrected chi connectivity index (χ1v) is 19.6. The van der Waals surface area contributed by atoms with Gasteiger partial charge in [0.2, 0.25) is 0 Å². The van der Waals surface area contributed by atoms with Gasteiger partial charge < -0.3 is 4.42 Å². The van der Waals surface area contributed by atoms with Gasteiger partial charge >= 0.3 is 0 Å². The zero-order valence-corrected chi connectivity index (χ0v) is 32.7. The van der Waals surface area contributed by atoms with Gasteiger partial charge in [-0.2, -0.15) is 0 Å². The van der Waals surface area contributed by atoms with Crippen LogP contribution in [0.1, 0.15) is 16.7 Å². The van der Waals surface area contributed by atoms with Crippen LogP contribution >= 0.6 is 0 Å². The van der Waals surface area contributed by atoms with Crippen LogP contribution in [0.25, 0.3) is 89.5 Å². The normalized spacial score (nSPS) is 11.0. The molecule has 10 rings (SSSR count). The lowest BCUT2D eigenvalue weighted by Crippen LogP contribution is -2.00. The van der Waals surface area contributed by atoms with Crippen LogP contribution in [0, 0.1) is 20.8 Å². The lowest BCUT2D eigenvalue weighted by Gasteiger charge is -2.13. The van der Waals surface area contributed by atoms with E-state index in [0.717, 1.165) is 49.8 Å². The van der Waals surface area contributed by atoms with E-state index in [9.17, 15) is 0 Å². The molecule has 0 spiro atoms. The van der Waals surface area contributed by atoms with Crippen molar-refractivity contribution in [3.05, 3.63) is 211 Å². The van der Waals surface area contributed by atoms with Crippen molar-refractivity contribution in [3.8, 4) is 67.5 Å². The Kier molecular flexibility index (Phi) is 9.97. The molecule has 0 radical (unpaired) electrons. The molecule has 0 aliphatic carbocycles. The second kappa shape index (κ2) is 16.0. The van der Waals surface area contributed by atoms with Crippen molar-refractivity contribution in [1.29, 1.82) is 0 Å². The molecule has 0 fully saturated rings. The number of nitrogens with zero attached hydrogens (tertiary/aromatic N) is 3. The van der Waals surface area contributed by atoms with Gasteiger partial charge in [0.25, 0.3) is 0 Å². The summed E-state index contributed by atoms with van der Waals surface area (Å²) in [5.74, 6) is 1.86. The first-order chi connectivity index (χ1) is 28.5. The van der Waals surface area contributed by atoms with Gasteiger partial charge in [-0.3, -0.25) is 0 Å². The summed E-state index contributed by atoms with van der Waals surface area (Å²) in [4.78, 5) is 15.0. The molecule has 2 aromatic heterocycles. The van der Waals surface area contributed by atoms with Crippen molar-refractivity contribution in [2.75, 3.05) is 0 Å². The van der Waals surface area contributed by atoms with Gasteiger partial charge in [0.15, 0.2) is 17.5 Å². The molecular formula is C54H41N3O. The van der Waals surface area contributed by atoms with Crippen molar-refractivity contribution < 1.29 is 4.42 Å². The maximum Gasteiger partial charge on any atom is 0.164 e. The smallest absolute Gasteiger partial charge is 0.164 e. The van der Waals surface area contributed by atoms with E-state index in [1.54, 1.807) is 0 Å². The molecule has 10 aromatic rings. The molecule has 0 atom stereocenters. The minimum Gasteiger partial charge on any atom is -0.456 e. The predicted molar refractivity (Wildman–Crippen MR) is 240 cm³/mol. The molecule has 278 valence electrons. The highest BCUT2D eigenvalue weighted by Crippen LogP contribution is 2.39. The molecule has 4 heteroatoms. The molecule has 0 aliphatic heterocycles. The van der Waals surface area contributed by atoms with Gasteiger partial charge in [0.05, 0.1) is 0 Å². The summed E-state index contributed by atoms with van der Waals surface area (Å²) in [7, 11) is 0. The summed E-state index contributed by atoms with van der Waals surface area (Å²) in [6, 6.07) is 67.1. The summed E-state index contributed by atoms with van der Waals surface area (Å²) >= 11 is 0. The zero-order chi connectivity index (χ0) is 39.4. The van der Waals surface area contributed by atoms with Gasteiger partial charge in [-0.15, -0.1) is 0 Å². The van der Waals surface area contributed by atoms with Crippen LogP contribution in [-0.2, 0) is 0 Å². The standard InChI is InChI=1S/C47H33N3O.C7H8/c1-30-13-9-10-20-38(30)40-28-36(24-23-31(40)2)34-18-11-19-35(27-34)37-25-26-42-41(29-37)44-39(21-12-22-43(44)51-42)47-49-45(32-14-5-3-6-15-32)48-46(50-47)33-16-7-4-8-17-33;1-7-5-3-2-4-6-7/h3-29H,1-2H3;2-6H,1H3. The van der Waals surface area contributed by atoms with Crippen LogP contribution in [-0.4, -0.2) is 15.0 Å². The van der Waals surface area contributed by atoms with Crippen LogP contribution in [0.4, 0.5) is 0 Å². The van der Waals surface area contributed by atoms with Crippen LogP contribution in [0.5, 0.6) is 0 Å². The largest absolute Gasteiger partial charge is 0.456 e. The number of hydrogen-bond acceptors (Lipinski definition) is 4. The fourth-order valence-electron chi connectivity index (χ4n) is 7.50. The summed E-state index contributed by atoms with van der Waals surface area (Å²) in [6.45, 7) is 6.44. The molecular weight excluding hydrogens is 707 g/mol. The second-order valence-corrected chi connectivity index (χ2v) is 14.6. The maximum atomic E-state index is 6.43. The zero-order valence-electron chi connectivity index (χ0n) is 32.7. The number of hydrogen-bond donors (Lipinski definition) is 0. The molecule has 0 unspecified atom stereocenters. The maximum absolute atomic E-state index is 6.43. The van der Waals surface area contributed by atoms with E-state index in [2.05, 4.69) is 124 Å². The molecule has 0 saturated carbocycles. The molecule has 0 amide bonds. The van der Waals surface area contributed by atoms with Gasteiger partial charge in [-0.05, 0) is 95.6 Å². The Hall–Kier alpha value is -7.43. The van der Waals surface area contributed by atoms with Crippen LogP contribution < -0.4 is 0 Å². The number of aromatic nitrogens is 3. The number of aryl methyl sites for hydroxylation is 3. The van der Waals surface area contributed by atoms with E-state index < -0.39 is 0 Å². The van der Waals surface area contributed by atoms with Crippen molar-refractivity contribution in [2.24, 2.45) is 0 Å². The Bertz CT molecular complexity index is 2970. The lowest BCUT2D eigenvalue weighted by molar-refractivity contribution is 0.669. The molecule has 2 heterocycles. The quantitative estimate of drug-likeness (QED) is 0.170. The molecule has 0 N–H and O–H groups in total. The van der Waals surface area contributed by atoms with Gasteiger partial charge in [-0.25, -0.2) is 15.0 Å². The summed E-state index contributed by atoms with van der Waals surface area (Å²) in [5, 5.41) is 2.00. The predicted octanol–water partition coefficient (Wildman–Crippen LogP) is 14.4. The van der Waals surface area contributed by atoms with E-state index in [-0.39, 0.29) is 0 Å². The van der Waals surface area contributed by atoms with Crippen molar-refractivity contribution in [1.82, 2.24) is 15.0 Å². The molecule has 8 aromatic carbocycles. The Morgan fingerprint density at radius 2 is 0.828 bits per heavy atom. The number of rotatable bonds is 6. The SMILES string of the molecule is Cc1ccccc1.Cc1ccccc1-c1cc(-c2cccc(-c3ccc4oc5cccc(-c6nc(-c7ccccc7)nc(-c7ccccc7)n6)c5c4c3)c2)ccc1C. The Morgan fingerprint density at radius 3 is 1.47 bits per heavy atom. The van der Waals surface area contributed by atoms with Crippen LogP contribution in [0.15, 0.2) is 199 Å². The highest BCUT2D eigenvalue weighted by molar-refractivity contribution is 6.12. The first kappa shape index (κ1) is 36.2. The Labute approximate surface area is 339 Å². The first-order valence-electron chi connectivity index (χ1n) is 19.6. The minimum absolute atomic E-state index is 0.604.